The molecule has 0 unspecified atom stereocenters. The van der Waals surface area contributed by atoms with Crippen LogP contribution >= 0.6 is 11.3 Å². The summed E-state index contributed by atoms with van der Waals surface area (Å²) in [5.74, 6) is 0.619. The third-order valence-electron chi connectivity index (χ3n) is 2.57. The van der Waals surface area contributed by atoms with Gasteiger partial charge in [-0.2, -0.15) is 0 Å². The molecule has 0 aromatic carbocycles. The van der Waals surface area contributed by atoms with Gasteiger partial charge < -0.3 is 5.32 Å². The molecule has 0 bridgehead atoms. The fourth-order valence-electron chi connectivity index (χ4n) is 1.62. The van der Waals surface area contributed by atoms with E-state index in [-0.39, 0.29) is 6.54 Å². The fraction of sp³-hybridized carbons (Fsp3) is 0.333. The molecule has 0 saturated heterocycles. The second-order valence-corrected chi connectivity index (χ2v) is 6.96. The van der Waals surface area contributed by atoms with Crippen LogP contribution in [0.3, 0.4) is 0 Å². The lowest BCUT2D eigenvalue weighted by molar-refractivity contribution is 0.580. The van der Waals surface area contributed by atoms with Gasteiger partial charge in [-0.25, -0.2) is 23.1 Å². The van der Waals surface area contributed by atoms with E-state index < -0.39 is 10.0 Å². The van der Waals surface area contributed by atoms with Crippen molar-refractivity contribution >= 4 is 21.4 Å². The van der Waals surface area contributed by atoms with Gasteiger partial charge in [0.25, 0.3) is 0 Å². The number of nitrogens with zero attached hydrogens (tertiary/aromatic N) is 2. The Morgan fingerprint density at radius 3 is 2.85 bits per heavy atom. The summed E-state index contributed by atoms with van der Waals surface area (Å²) in [4.78, 5) is 9.40. The van der Waals surface area contributed by atoms with Crippen molar-refractivity contribution in [3.63, 3.8) is 0 Å². The van der Waals surface area contributed by atoms with Crippen molar-refractivity contribution in [1.82, 2.24) is 20.0 Å². The third-order valence-corrected chi connectivity index (χ3v) is 5.03. The number of hydrogen-bond donors (Lipinski definition) is 2. The highest BCUT2D eigenvalue weighted by Gasteiger charge is 2.16. The third kappa shape index (κ3) is 3.83. The Balaban J connectivity index is 2.06. The fourth-order valence-corrected chi connectivity index (χ4v) is 3.91. The molecule has 0 atom stereocenters. The van der Waals surface area contributed by atoms with Crippen LogP contribution in [0, 0.1) is 6.92 Å². The van der Waals surface area contributed by atoms with Crippen LogP contribution in [0.25, 0.3) is 0 Å². The van der Waals surface area contributed by atoms with Crippen molar-refractivity contribution in [2.45, 2.75) is 24.9 Å². The normalized spacial score (nSPS) is 11.7. The Kier molecular flexibility index (Phi) is 4.81. The molecule has 0 fully saturated rings. The van der Waals surface area contributed by atoms with Crippen molar-refractivity contribution in [3.05, 3.63) is 40.1 Å². The molecule has 2 heterocycles. The molecule has 0 aliphatic carbocycles. The van der Waals surface area contributed by atoms with E-state index in [1.54, 1.807) is 30.6 Å². The summed E-state index contributed by atoms with van der Waals surface area (Å²) in [5, 5.41) is 4.63. The van der Waals surface area contributed by atoms with Gasteiger partial charge in [0, 0.05) is 23.0 Å². The zero-order valence-corrected chi connectivity index (χ0v) is 12.9. The molecule has 2 N–H and O–H groups in total. The van der Waals surface area contributed by atoms with E-state index in [1.807, 2.05) is 7.05 Å². The van der Waals surface area contributed by atoms with Crippen LogP contribution in [0.15, 0.2) is 28.6 Å². The summed E-state index contributed by atoms with van der Waals surface area (Å²) < 4.78 is 26.8. The van der Waals surface area contributed by atoms with E-state index in [0.29, 0.717) is 23.0 Å². The van der Waals surface area contributed by atoms with Gasteiger partial charge in [0.05, 0.1) is 17.1 Å². The Morgan fingerprint density at radius 1 is 1.35 bits per heavy atom. The van der Waals surface area contributed by atoms with E-state index in [4.69, 9.17) is 0 Å². The number of rotatable bonds is 6. The Morgan fingerprint density at radius 2 is 2.15 bits per heavy atom. The number of aromatic nitrogens is 2. The van der Waals surface area contributed by atoms with Crippen LogP contribution in [0.2, 0.25) is 0 Å². The summed E-state index contributed by atoms with van der Waals surface area (Å²) in [5.41, 5.74) is 0.645. The maximum Gasteiger partial charge on any atom is 0.241 e. The summed E-state index contributed by atoms with van der Waals surface area (Å²) in [7, 11) is -1.67. The maximum absolute atomic E-state index is 12.1. The molecule has 0 amide bonds. The highest BCUT2D eigenvalue weighted by atomic mass is 32.2. The van der Waals surface area contributed by atoms with Crippen LogP contribution in [0.5, 0.6) is 0 Å². The number of hydrogen-bond acceptors (Lipinski definition) is 6. The monoisotopic (exact) mass is 312 g/mol. The minimum Gasteiger partial charge on any atom is -0.315 e. The average molecular weight is 312 g/mol. The first-order valence-electron chi connectivity index (χ1n) is 6.01. The van der Waals surface area contributed by atoms with Gasteiger partial charge in [-0.05, 0) is 26.1 Å². The Hall–Kier alpha value is -1.35. The summed E-state index contributed by atoms with van der Waals surface area (Å²) in [6.45, 7) is 2.58. The smallest absolute Gasteiger partial charge is 0.241 e. The SMILES string of the molecule is CNCc1cc(S(=O)(=O)NCc2ccnc(C)n2)cs1. The lowest BCUT2D eigenvalue weighted by Gasteiger charge is -2.04. The predicted octanol–water partition coefficient (Wildman–Crippen LogP) is 1.04. The highest BCUT2D eigenvalue weighted by molar-refractivity contribution is 7.89. The van der Waals surface area contributed by atoms with E-state index in [0.717, 1.165) is 4.88 Å². The molecule has 2 aromatic rings. The van der Waals surface area contributed by atoms with E-state index >= 15 is 0 Å². The van der Waals surface area contributed by atoms with E-state index in [1.165, 1.54) is 11.3 Å². The van der Waals surface area contributed by atoms with Gasteiger partial charge in [0.1, 0.15) is 5.82 Å². The molecule has 20 heavy (non-hydrogen) atoms. The first kappa shape index (κ1) is 15.0. The summed E-state index contributed by atoms with van der Waals surface area (Å²) in [6, 6.07) is 3.37. The first-order chi connectivity index (χ1) is 9.51. The van der Waals surface area contributed by atoms with Gasteiger partial charge in [0.2, 0.25) is 10.0 Å². The molecular weight excluding hydrogens is 296 g/mol. The lowest BCUT2D eigenvalue weighted by atomic mass is 10.4. The number of sulfonamides is 1. The minimum atomic E-state index is -3.50. The number of nitrogens with one attached hydrogen (secondary N) is 2. The van der Waals surface area contributed by atoms with Crippen molar-refractivity contribution in [1.29, 1.82) is 0 Å². The van der Waals surface area contributed by atoms with Crippen LogP contribution < -0.4 is 10.0 Å². The topological polar surface area (TPSA) is 84.0 Å². The van der Waals surface area contributed by atoms with Crippen LogP contribution in [0.4, 0.5) is 0 Å². The molecule has 108 valence electrons. The molecule has 2 rings (SSSR count). The molecule has 0 aliphatic heterocycles. The standard InChI is InChI=1S/C12H16N4O2S2/c1-9-14-4-3-10(16-9)6-15-20(17,18)12-5-11(7-13-2)19-8-12/h3-5,8,13,15H,6-7H2,1-2H3. The van der Waals surface area contributed by atoms with Crippen LogP contribution in [-0.2, 0) is 23.1 Å². The van der Waals surface area contributed by atoms with Gasteiger partial charge >= 0.3 is 0 Å². The Bertz CT molecular complexity index is 682. The highest BCUT2D eigenvalue weighted by Crippen LogP contribution is 2.19. The summed E-state index contributed by atoms with van der Waals surface area (Å²) >= 11 is 1.42. The minimum absolute atomic E-state index is 0.156. The molecule has 0 spiro atoms. The van der Waals surface area contributed by atoms with Crippen LogP contribution in [-0.4, -0.2) is 25.4 Å². The number of thiophene rings is 1. The second-order valence-electron chi connectivity index (χ2n) is 4.20. The maximum atomic E-state index is 12.1. The van der Waals surface area contributed by atoms with Crippen LogP contribution in [0.1, 0.15) is 16.4 Å². The van der Waals surface area contributed by atoms with E-state index in [2.05, 4.69) is 20.0 Å². The molecular formula is C12H16N4O2S2. The molecule has 6 nitrogen and oxygen atoms in total. The largest absolute Gasteiger partial charge is 0.315 e. The average Bonchev–Trinajstić information content (AvgIpc) is 2.87. The zero-order chi connectivity index (χ0) is 14.6. The quantitative estimate of drug-likeness (QED) is 0.833. The molecule has 0 saturated carbocycles. The predicted molar refractivity (Wildman–Crippen MR) is 77.9 cm³/mol. The Labute approximate surface area is 122 Å². The second kappa shape index (κ2) is 6.40. The van der Waals surface area contributed by atoms with Gasteiger partial charge in [-0.3, -0.25) is 0 Å². The van der Waals surface area contributed by atoms with Crippen molar-refractivity contribution in [3.8, 4) is 0 Å². The van der Waals surface area contributed by atoms with Gasteiger partial charge in [0.15, 0.2) is 0 Å². The molecule has 8 heteroatoms. The number of aryl methyl sites for hydroxylation is 1. The van der Waals surface area contributed by atoms with E-state index in [9.17, 15) is 8.42 Å². The van der Waals surface area contributed by atoms with Crippen molar-refractivity contribution in [2.75, 3.05) is 7.05 Å². The summed E-state index contributed by atoms with van der Waals surface area (Å²) in [6.07, 6.45) is 1.61. The van der Waals surface area contributed by atoms with Crippen molar-refractivity contribution in [2.24, 2.45) is 0 Å². The van der Waals surface area contributed by atoms with Gasteiger partial charge in [-0.15, -0.1) is 11.3 Å². The first-order valence-corrected chi connectivity index (χ1v) is 8.38. The van der Waals surface area contributed by atoms with Gasteiger partial charge in [-0.1, -0.05) is 0 Å². The molecule has 0 aliphatic rings. The van der Waals surface area contributed by atoms with Crippen molar-refractivity contribution < 1.29 is 8.42 Å². The zero-order valence-electron chi connectivity index (χ0n) is 11.3. The molecule has 0 radical (unpaired) electrons. The molecule has 2 aromatic heterocycles. The lowest BCUT2D eigenvalue weighted by Crippen LogP contribution is -2.23.